The maximum atomic E-state index is 16.8. The number of hydrogen-bond donors (Lipinski definition) is 1. The van der Waals surface area contributed by atoms with Crippen LogP contribution in [0.2, 0.25) is 0 Å². The maximum Gasteiger partial charge on any atom is 0.230 e. The fourth-order valence-corrected chi connectivity index (χ4v) is 4.69. The summed E-state index contributed by atoms with van der Waals surface area (Å²) in [7, 11) is 1.73. The Morgan fingerprint density at radius 3 is 2.38 bits per heavy atom. The van der Waals surface area contributed by atoms with E-state index in [1.54, 1.807) is 19.2 Å². The Morgan fingerprint density at radius 2 is 1.73 bits per heavy atom. The lowest BCUT2D eigenvalue weighted by molar-refractivity contribution is -0.139. The van der Waals surface area contributed by atoms with Gasteiger partial charge in [-0.15, -0.1) is 0 Å². The van der Waals surface area contributed by atoms with Crippen LogP contribution in [0.15, 0.2) is 79.1 Å². The maximum absolute atomic E-state index is 16.8. The minimum Gasteiger partial charge on any atom is -0.371 e. The Kier molecular flexibility index (Phi) is 7.42. The van der Waals surface area contributed by atoms with Gasteiger partial charge in [0.2, 0.25) is 5.60 Å². The molecule has 2 aromatic carbocycles. The van der Waals surface area contributed by atoms with Crippen LogP contribution in [0.5, 0.6) is 0 Å². The molecule has 1 aliphatic heterocycles. The van der Waals surface area contributed by atoms with Crippen molar-refractivity contribution in [1.29, 1.82) is 5.26 Å². The molecule has 1 N–H and O–H groups in total. The van der Waals surface area contributed by atoms with Crippen LogP contribution in [0, 0.1) is 11.3 Å². The molecule has 0 bridgehead atoms. The van der Waals surface area contributed by atoms with Crippen LogP contribution in [-0.4, -0.2) is 46.6 Å². The minimum absolute atomic E-state index is 0.107. The fraction of sp³-hybridized carbons (Fsp3) is 0.321. The number of alkyl halides is 1. The predicted molar refractivity (Wildman–Crippen MR) is 135 cm³/mol. The van der Waals surface area contributed by atoms with E-state index >= 15 is 4.39 Å². The molecule has 1 aliphatic rings. The number of halogens is 1. The molecule has 8 nitrogen and oxygen atoms in total. The Morgan fingerprint density at radius 1 is 1.05 bits per heavy atom. The van der Waals surface area contributed by atoms with Gasteiger partial charge in [0.05, 0.1) is 31.6 Å². The van der Waals surface area contributed by atoms with Crippen LogP contribution in [-0.2, 0) is 33.0 Å². The van der Waals surface area contributed by atoms with Crippen molar-refractivity contribution < 1.29 is 18.6 Å². The van der Waals surface area contributed by atoms with Crippen molar-refractivity contribution in [1.82, 2.24) is 14.6 Å². The molecule has 1 saturated heterocycles. The second-order valence-corrected chi connectivity index (χ2v) is 8.86. The normalized spacial score (nSPS) is 23.9. The van der Waals surface area contributed by atoms with E-state index in [4.69, 9.17) is 14.2 Å². The number of nitrogens with zero attached hydrogens (tertiary/aromatic N) is 4. The lowest BCUT2D eigenvalue weighted by atomic mass is 9.89. The molecule has 0 amide bonds. The van der Waals surface area contributed by atoms with E-state index in [0.29, 0.717) is 17.8 Å². The van der Waals surface area contributed by atoms with Crippen LogP contribution in [0.3, 0.4) is 0 Å². The van der Waals surface area contributed by atoms with E-state index in [0.717, 1.165) is 11.1 Å². The summed E-state index contributed by atoms with van der Waals surface area (Å²) in [6, 6.07) is 24.7. The van der Waals surface area contributed by atoms with Gasteiger partial charge in [0, 0.05) is 7.05 Å². The Hall–Kier alpha value is -3.84. The third-order valence-electron chi connectivity index (χ3n) is 6.60. The van der Waals surface area contributed by atoms with Gasteiger partial charge in [-0.3, -0.25) is 0 Å². The molecule has 2 aromatic heterocycles. The van der Waals surface area contributed by atoms with E-state index in [2.05, 4.69) is 21.5 Å². The van der Waals surface area contributed by atoms with Gasteiger partial charge in [0.1, 0.15) is 24.0 Å². The number of nitrogens with one attached hydrogen (secondary N) is 1. The molecular weight excluding hydrogens is 473 g/mol. The number of hydrogen-bond acceptors (Lipinski definition) is 7. The van der Waals surface area contributed by atoms with Gasteiger partial charge in [-0.1, -0.05) is 60.7 Å². The fourth-order valence-electron chi connectivity index (χ4n) is 4.69. The topological polar surface area (TPSA) is 93.7 Å². The number of aromatic nitrogens is 3. The highest BCUT2D eigenvalue weighted by Crippen LogP contribution is 2.40. The summed E-state index contributed by atoms with van der Waals surface area (Å²) in [5.74, 6) is 0.555. The van der Waals surface area contributed by atoms with Gasteiger partial charge in [-0.2, -0.15) is 10.4 Å². The third kappa shape index (κ3) is 4.91. The number of ether oxygens (including phenoxy) is 3. The number of nitriles is 1. The summed E-state index contributed by atoms with van der Waals surface area (Å²) < 4.78 is 36.7. The number of benzene rings is 2. The van der Waals surface area contributed by atoms with Crippen molar-refractivity contribution in [3.05, 3.63) is 95.9 Å². The van der Waals surface area contributed by atoms with Crippen LogP contribution in [0.4, 0.5) is 10.2 Å². The summed E-state index contributed by atoms with van der Waals surface area (Å²) in [6.07, 6.45) is -1.86. The van der Waals surface area contributed by atoms with E-state index in [1.165, 1.54) is 10.8 Å². The first-order chi connectivity index (χ1) is 18.2. The SMILES string of the molecule is CNc1ncnn2c(C3(C#N)OCCC(OCc4ccccc4)[C@@H](OCc4ccccc4)[C@H]3F)ccc12. The van der Waals surface area contributed by atoms with E-state index < -0.39 is 24.0 Å². The molecule has 4 atom stereocenters. The lowest BCUT2D eigenvalue weighted by Crippen LogP contribution is -2.49. The second kappa shape index (κ2) is 11.0. The summed E-state index contributed by atoms with van der Waals surface area (Å²) in [5, 5.41) is 17.7. The third-order valence-corrected chi connectivity index (χ3v) is 6.60. The zero-order valence-electron chi connectivity index (χ0n) is 20.5. The van der Waals surface area contributed by atoms with Crippen LogP contribution in [0.25, 0.3) is 5.52 Å². The first-order valence-electron chi connectivity index (χ1n) is 12.2. The summed E-state index contributed by atoms with van der Waals surface area (Å²) >= 11 is 0. The summed E-state index contributed by atoms with van der Waals surface area (Å²) in [6.45, 7) is 0.561. The largest absolute Gasteiger partial charge is 0.371 e. The van der Waals surface area contributed by atoms with Gasteiger partial charge >= 0.3 is 0 Å². The highest BCUT2D eigenvalue weighted by Gasteiger charge is 2.54. The van der Waals surface area contributed by atoms with Gasteiger partial charge in [0.25, 0.3) is 0 Å². The van der Waals surface area contributed by atoms with Gasteiger partial charge in [-0.25, -0.2) is 13.9 Å². The van der Waals surface area contributed by atoms with Crippen molar-refractivity contribution in [2.24, 2.45) is 0 Å². The molecule has 3 heterocycles. The van der Waals surface area contributed by atoms with Crippen LogP contribution >= 0.6 is 0 Å². The van der Waals surface area contributed by atoms with Crippen molar-refractivity contribution in [3.63, 3.8) is 0 Å². The van der Waals surface area contributed by atoms with E-state index in [1.807, 2.05) is 60.7 Å². The zero-order chi connectivity index (χ0) is 25.7. The molecule has 5 rings (SSSR count). The quantitative estimate of drug-likeness (QED) is 0.382. The van der Waals surface area contributed by atoms with E-state index in [9.17, 15) is 5.26 Å². The lowest BCUT2D eigenvalue weighted by Gasteiger charge is -2.33. The van der Waals surface area contributed by atoms with Gasteiger partial charge in [0.15, 0.2) is 12.0 Å². The molecular formula is C28H28FN5O3. The smallest absolute Gasteiger partial charge is 0.230 e. The molecule has 0 saturated carbocycles. The molecule has 4 aromatic rings. The summed E-state index contributed by atoms with van der Waals surface area (Å²) in [4.78, 5) is 4.21. The minimum atomic E-state index is -1.96. The summed E-state index contributed by atoms with van der Waals surface area (Å²) in [5.41, 5.74) is 0.772. The highest BCUT2D eigenvalue weighted by atomic mass is 19.1. The molecule has 0 spiro atoms. The molecule has 1 fully saturated rings. The second-order valence-electron chi connectivity index (χ2n) is 8.86. The number of rotatable bonds is 8. The molecule has 37 heavy (non-hydrogen) atoms. The monoisotopic (exact) mass is 501 g/mol. The Labute approximate surface area is 214 Å². The zero-order valence-corrected chi connectivity index (χ0v) is 20.5. The molecule has 0 radical (unpaired) electrons. The Bertz CT molecular complexity index is 1360. The Balaban J connectivity index is 1.50. The van der Waals surface area contributed by atoms with Crippen molar-refractivity contribution in [3.8, 4) is 6.07 Å². The van der Waals surface area contributed by atoms with Crippen molar-refractivity contribution >= 4 is 11.3 Å². The number of fused-ring (bicyclic) bond motifs is 1. The van der Waals surface area contributed by atoms with Crippen molar-refractivity contribution in [2.75, 3.05) is 19.0 Å². The van der Waals surface area contributed by atoms with E-state index in [-0.39, 0.29) is 25.5 Å². The van der Waals surface area contributed by atoms with Crippen LogP contribution in [0.1, 0.15) is 23.2 Å². The first-order valence-corrected chi connectivity index (χ1v) is 12.2. The molecule has 0 aliphatic carbocycles. The standard InChI is InChI=1S/C28H28FN5O3/c1-31-27-22-12-13-24(34(22)33-19-32-27)28(18-30)26(29)25(36-17-21-10-6-3-7-11-21)23(14-15-37-28)35-16-20-8-4-2-5-9-20/h2-13,19,23,25-26H,14-17H2,1H3,(H,31,32,33)/t23?,25-,26-,28?/m1/s1. The molecule has 190 valence electrons. The number of anilines is 1. The molecule has 9 heteroatoms. The first kappa shape index (κ1) is 24.8. The van der Waals surface area contributed by atoms with Gasteiger partial charge in [-0.05, 0) is 29.7 Å². The van der Waals surface area contributed by atoms with Gasteiger partial charge < -0.3 is 19.5 Å². The van der Waals surface area contributed by atoms with Crippen LogP contribution < -0.4 is 5.32 Å². The molecule has 2 unspecified atom stereocenters. The highest BCUT2D eigenvalue weighted by molar-refractivity contribution is 5.68. The van der Waals surface area contributed by atoms with Crippen molar-refractivity contribution in [2.45, 2.75) is 43.6 Å². The predicted octanol–water partition coefficient (Wildman–Crippen LogP) is 4.42. The average Bonchev–Trinajstić information content (AvgIpc) is 3.34. The average molecular weight is 502 g/mol.